The minimum atomic E-state index is -0.937. The summed E-state index contributed by atoms with van der Waals surface area (Å²) in [5.41, 5.74) is 1.11. The third-order valence-electron chi connectivity index (χ3n) is 4.94. The standard InChI is InChI=1S/C21H23F2N3O2/c1-14(16-7-8-18(22)19(23)13-16)24-21(28)26-11-9-17(10-12-26)25-20(27)15-5-3-2-4-6-15/h2-8,13-14,17H,9-12H2,1H3,(H,24,28)(H,25,27). The van der Waals surface area contributed by atoms with Gasteiger partial charge in [0.15, 0.2) is 11.6 Å². The quantitative estimate of drug-likeness (QED) is 0.842. The first kappa shape index (κ1) is 19.8. The third-order valence-corrected chi connectivity index (χ3v) is 4.94. The minimum absolute atomic E-state index is 0.0142. The van der Waals surface area contributed by atoms with E-state index in [9.17, 15) is 18.4 Å². The van der Waals surface area contributed by atoms with Gasteiger partial charge in [0.2, 0.25) is 0 Å². The number of carbonyl (C=O) groups is 2. The van der Waals surface area contributed by atoms with Crippen molar-refractivity contribution < 1.29 is 18.4 Å². The number of rotatable bonds is 4. The zero-order valence-electron chi connectivity index (χ0n) is 15.6. The number of benzene rings is 2. The maximum atomic E-state index is 13.4. The second-order valence-electron chi connectivity index (χ2n) is 6.95. The van der Waals surface area contributed by atoms with Gasteiger partial charge in [-0.05, 0) is 49.6 Å². The summed E-state index contributed by atoms with van der Waals surface area (Å²) in [6, 6.07) is 11.9. The van der Waals surface area contributed by atoms with Crippen molar-refractivity contribution >= 4 is 11.9 Å². The highest BCUT2D eigenvalue weighted by molar-refractivity contribution is 5.94. The van der Waals surface area contributed by atoms with Gasteiger partial charge in [-0.3, -0.25) is 4.79 Å². The molecule has 3 amide bonds. The van der Waals surface area contributed by atoms with Gasteiger partial charge in [-0.25, -0.2) is 13.6 Å². The molecule has 148 valence electrons. The highest BCUT2D eigenvalue weighted by Gasteiger charge is 2.25. The Kier molecular flexibility index (Phi) is 6.23. The molecule has 0 radical (unpaired) electrons. The van der Waals surface area contributed by atoms with Gasteiger partial charge in [0.25, 0.3) is 5.91 Å². The number of urea groups is 1. The van der Waals surface area contributed by atoms with Crippen molar-refractivity contribution in [1.82, 2.24) is 15.5 Å². The Hall–Kier alpha value is -2.96. The van der Waals surface area contributed by atoms with Crippen LogP contribution in [0.3, 0.4) is 0 Å². The summed E-state index contributed by atoms with van der Waals surface area (Å²) >= 11 is 0. The highest BCUT2D eigenvalue weighted by atomic mass is 19.2. The van der Waals surface area contributed by atoms with Crippen molar-refractivity contribution in [2.75, 3.05) is 13.1 Å². The van der Waals surface area contributed by atoms with Crippen molar-refractivity contribution in [1.29, 1.82) is 0 Å². The first-order valence-corrected chi connectivity index (χ1v) is 9.30. The number of carbonyl (C=O) groups excluding carboxylic acids is 2. The molecule has 1 unspecified atom stereocenters. The fourth-order valence-corrected chi connectivity index (χ4v) is 3.23. The SMILES string of the molecule is CC(NC(=O)N1CCC(NC(=O)c2ccccc2)CC1)c1ccc(F)c(F)c1. The number of nitrogens with zero attached hydrogens (tertiary/aromatic N) is 1. The van der Waals surface area contributed by atoms with Gasteiger partial charge in [-0.15, -0.1) is 0 Å². The molecule has 5 nitrogen and oxygen atoms in total. The van der Waals surface area contributed by atoms with E-state index in [2.05, 4.69) is 10.6 Å². The van der Waals surface area contributed by atoms with E-state index in [1.807, 2.05) is 18.2 Å². The molecule has 0 saturated carbocycles. The van der Waals surface area contributed by atoms with E-state index >= 15 is 0 Å². The van der Waals surface area contributed by atoms with Gasteiger partial charge in [0.1, 0.15) is 0 Å². The Bertz CT molecular complexity index is 837. The van der Waals surface area contributed by atoms with Crippen molar-refractivity contribution in [3.05, 3.63) is 71.3 Å². The molecule has 0 bridgehead atoms. The number of piperidine rings is 1. The lowest BCUT2D eigenvalue weighted by molar-refractivity contribution is 0.0917. The van der Waals surface area contributed by atoms with E-state index in [1.165, 1.54) is 6.07 Å². The fraction of sp³-hybridized carbons (Fsp3) is 0.333. The predicted octanol–water partition coefficient (Wildman–Crippen LogP) is 3.63. The van der Waals surface area contributed by atoms with Crippen LogP contribution >= 0.6 is 0 Å². The van der Waals surface area contributed by atoms with Crippen LogP contribution in [0, 0.1) is 11.6 Å². The van der Waals surface area contributed by atoms with Crippen LogP contribution < -0.4 is 10.6 Å². The lowest BCUT2D eigenvalue weighted by Gasteiger charge is -2.33. The van der Waals surface area contributed by atoms with E-state index in [-0.39, 0.29) is 18.0 Å². The van der Waals surface area contributed by atoms with Gasteiger partial charge < -0.3 is 15.5 Å². The average Bonchev–Trinajstić information content (AvgIpc) is 2.71. The largest absolute Gasteiger partial charge is 0.349 e. The van der Waals surface area contributed by atoms with Gasteiger partial charge in [-0.2, -0.15) is 0 Å². The van der Waals surface area contributed by atoms with E-state index in [4.69, 9.17) is 0 Å². The molecule has 1 fully saturated rings. The number of halogens is 2. The molecule has 1 aliphatic rings. The first-order chi connectivity index (χ1) is 13.4. The Morgan fingerprint density at radius 3 is 2.36 bits per heavy atom. The fourth-order valence-electron chi connectivity index (χ4n) is 3.23. The molecule has 7 heteroatoms. The van der Waals surface area contributed by atoms with Gasteiger partial charge >= 0.3 is 6.03 Å². The molecule has 2 N–H and O–H groups in total. The number of hydrogen-bond donors (Lipinski definition) is 2. The summed E-state index contributed by atoms with van der Waals surface area (Å²) in [7, 11) is 0. The molecule has 0 spiro atoms. The highest BCUT2D eigenvalue weighted by Crippen LogP contribution is 2.17. The smallest absolute Gasteiger partial charge is 0.317 e. The third kappa shape index (κ3) is 4.85. The molecule has 3 rings (SSSR count). The zero-order valence-corrected chi connectivity index (χ0v) is 15.6. The lowest BCUT2D eigenvalue weighted by atomic mass is 10.0. The second kappa shape index (κ2) is 8.82. The maximum absolute atomic E-state index is 13.4. The molecular weight excluding hydrogens is 364 g/mol. The molecule has 0 aromatic heterocycles. The van der Waals surface area contributed by atoms with Crippen LogP contribution in [0.5, 0.6) is 0 Å². The van der Waals surface area contributed by atoms with Crippen LogP contribution in [0.15, 0.2) is 48.5 Å². The second-order valence-corrected chi connectivity index (χ2v) is 6.95. The van der Waals surface area contributed by atoms with E-state index < -0.39 is 17.7 Å². The zero-order chi connectivity index (χ0) is 20.1. The molecule has 1 atom stereocenters. The Morgan fingerprint density at radius 1 is 1.04 bits per heavy atom. The monoisotopic (exact) mass is 387 g/mol. The topological polar surface area (TPSA) is 61.4 Å². The Morgan fingerprint density at radius 2 is 1.71 bits per heavy atom. The summed E-state index contributed by atoms with van der Waals surface area (Å²) in [5.74, 6) is -1.97. The molecule has 2 aromatic rings. The normalized spacial score (nSPS) is 15.8. The average molecular weight is 387 g/mol. The molecular formula is C21H23F2N3O2. The van der Waals surface area contributed by atoms with Crippen LogP contribution in [0.1, 0.15) is 41.7 Å². The lowest BCUT2D eigenvalue weighted by Crippen LogP contribution is -2.49. The number of hydrogen-bond acceptors (Lipinski definition) is 2. The summed E-state index contributed by atoms with van der Waals surface area (Å²) in [4.78, 5) is 26.3. The first-order valence-electron chi connectivity index (χ1n) is 9.30. The van der Waals surface area contributed by atoms with Gasteiger partial charge in [-0.1, -0.05) is 24.3 Å². The van der Waals surface area contributed by atoms with Crippen LogP contribution in [0.2, 0.25) is 0 Å². The molecule has 28 heavy (non-hydrogen) atoms. The molecule has 1 aliphatic heterocycles. The number of likely N-dealkylation sites (tertiary alicyclic amines) is 1. The summed E-state index contributed by atoms with van der Waals surface area (Å²) in [6.45, 7) is 2.74. The van der Waals surface area contributed by atoms with Crippen LogP contribution in [0.4, 0.5) is 13.6 Å². The molecule has 1 saturated heterocycles. The van der Waals surface area contributed by atoms with Crippen molar-refractivity contribution in [3.8, 4) is 0 Å². The van der Waals surface area contributed by atoms with Crippen molar-refractivity contribution in [2.45, 2.75) is 31.8 Å². The van der Waals surface area contributed by atoms with E-state index in [1.54, 1.807) is 24.0 Å². The Balaban J connectivity index is 1.48. The summed E-state index contributed by atoms with van der Waals surface area (Å²) in [5, 5.41) is 5.80. The van der Waals surface area contributed by atoms with Crippen LogP contribution in [-0.2, 0) is 0 Å². The molecule has 2 aromatic carbocycles. The molecule has 1 heterocycles. The van der Waals surface area contributed by atoms with E-state index in [0.717, 1.165) is 12.1 Å². The van der Waals surface area contributed by atoms with Crippen molar-refractivity contribution in [3.63, 3.8) is 0 Å². The van der Waals surface area contributed by atoms with Gasteiger partial charge in [0, 0.05) is 24.7 Å². The summed E-state index contributed by atoms with van der Waals surface area (Å²) < 4.78 is 26.4. The molecule has 0 aliphatic carbocycles. The van der Waals surface area contributed by atoms with E-state index in [0.29, 0.717) is 37.1 Å². The van der Waals surface area contributed by atoms with Crippen molar-refractivity contribution in [2.24, 2.45) is 0 Å². The number of nitrogens with one attached hydrogen (secondary N) is 2. The maximum Gasteiger partial charge on any atom is 0.317 e. The Labute approximate surface area is 162 Å². The minimum Gasteiger partial charge on any atom is -0.349 e. The predicted molar refractivity (Wildman–Crippen MR) is 102 cm³/mol. The summed E-state index contributed by atoms with van der Waals surface area (Å²) in [6.07, 6.45) is 1.32. The van der Waals surface area contributed by atoms with Crippen LogP contribution in [0.25, 0.3) is 0 Å². The van der Waals surface area contributed by atoms with Gasteiger partial charge in [0.05, 0.1) is 6.04 Å². The van der Waals surface area contributed by atoms with Crippen LogP contribution in [-0.4, -0.2) is 36.0 Å². The number of amides is 3.